The smallest absolute Gasteiger partial charge is 0.328 e. The maximum Gasteiger partial charge on any atom is 0.328 e. The summed E-state index contributed by atoms with van der Waals surface area (Å²) in [6.07, 6.45) is 0.467. The summed E-state index contributed by atoms with van der Waals surface area (Å²) in [4.78, 5) is 7.18. The standard InChI is InChI=1S/C23H20N2O3S.2Na/c26-29(27,28)23-24-20(16-17-10-4-1-5-11-17)22(25-23)21(18-12-6-2-7-13-18)19-14-8-3-9-15-19;;/h1-15,21H,16H2,(H,24,25)(H,26,27,28);;. The molecule has 0 unspecified atom stereocenters. The van der Waals surface area contributed by atoms with Crippen molar-refractivity contribution < 1.29 is 13.0 Å². The fourth-order valence-corrected chi connectivity index (χ4v) is 3.96. The Morgan fingerprint density at radius 2 is 1.23 bits per heavy atom. The monoisotopic (exact) mass is 450 g/mol. The van der Waals surface area contributed by atoms with Gasteiger partial charge in [-0.2, -0.15) is 8.42 Å². The molecule has 3 aromatic carbocycles. The van der Waals surface area contributed by atoms with Crippen molar-refractivity contribution in [2.75, 3.05) is 0 Å². The molecule has 0 fully saturated rings. The van der Waals surface area contributed by atoms with E-state index in [0.29, 0.717) is 17.8 Å². The van der Waals surface area contributed by atoms with E-state index in [2.05, 4.69) is 9.97 Å². The molecule has 31 heavy (non-hydrogen) atoms. The third kappa shape index (κ3) is 6.40. The Balaban J connectivity index is 0.00000171. The molecule has 2 radical (unpaired) electrons. The topological polar surface area (TPSA) is 83.1 Å². The summed E-state index contributed by atoms with van der Waals surface area (Å²) >= 11 is 0. The first kappa shape index (κ1) is 26.0. The van der Waals surface area contributed by atoms with Gasteiger partial charge in [-0.05, 0) is 16.7 Å². The van der Waals surface area contributed by atoms with Gasteiger partial charge in [0.15, 0.2) is 0 Å². The molecule has 1 heterocycles. The fourth-order valence-electron chi connectivity index (χ4n) is 3.49. The summed E-state index contributed by atoms with van der Waals surface area (Å²) in [5.41, 5.74) is 4.22. The van der Waals surface area contributed by atoms with Crippen LogP contribution in [0.25, 0.3) is 0 Å². The van der Waals surface area contributed by atoms with E-state index >= 15 is 0 Å². The van der Waals surface area contributed by atoms with Gasteiger partial charge in [0.2, 0.25) is 0 Å². The van der Waals surface area contributed by atoms with Gasteiger partial charge < -0.3 is 4.98 Å². The first-order chi connectivity index (χ1) is 14.0. The predicted molar refractivity (Wildman–Crippen MR) is 123 cm³/mol. The van der Waals surface area contributed by atoms with Crippen molar-refractivity contribution >= 4 is 69.2 Å². The second-order valence-corrected chi connectivity index (χ2v) is 8.13. The van der Waals surface area contributed by atoms with Gasteiger partial charge in [-0.15, -0.1) is 0 Å². The molecular formula is C23H20N2Na2O3S. The number of aromatic amines is 1. The molecule has 148 valence electrons. The molecular weight excluding hydrogens is 430 g/mol. The zero-order valence-electron chi connectivity index (χ0n) is 17.6. The van der Waals surface area contributed by atoms with Crippen molar-refractivity contribution in [1.29, 1.82) is 0 Å². The van der Waals surface area contributed by atoms with Crippen LogP contribution in [0.5, 0.6) is 0 Å². The van der Waals surface area contributed by atoms with Crippen LogP contribution < -0.4 is 0 Å². The van der Waals surface area contributed by atoms with E-state index in [4.69, 9.17) is 0 Å². The molecule has 5 nitrogen and oxygen atoms in total. The molecule has 0 aliphatic rings. The first-order valence-corrected chi connectivity index (χ1v) is 10.7. The van der Waals surface area contributed by atoms with Crippen molar-refractivity contribution in [2.45, 2.75) is 17.5 Å². The van der Waals surface area contributed by atoms with Crippen molar-refractivity contribution in [1.82, 2.24) is 9.97 Å². The Bertz CT molecular complexity index is 1160. The SMILES string of the molecule is O=S(=O)(O)c1nc(C(c2ccccc2)c2ccccc2)c(Cc2ccccc2)[nH]1.[Na].[Na]. The van der Waals surface area contributed by atoms with Gasteiger partial charge in [-0.3, -0.25) is 4.55 Å². The van der Waals surface area contributed by atoms with Crippen LogP contribution >= 0.6 is 0 Å². The molecule has 0 saturated carbocycles. The van der Waals surface area contributed by atoms with E-state index in [1.807, 2.05) is 91.0 Å². The number of hydrogen-bond acceptors (Lipinski definition) is 3. The summed E-state index contributed by atoms with van der Waals surface area (Å²) in [5.74, 6) is -0.275. The Morgan fingerprint density at radius 3 is 1.68 bits per heavy atom. The third-order valence-corrected chi connectivity index (χ3v) is 5.48. The molecule has 0 aliphatic carbocycles. The molecule has 2 N–H and O–H groups in total. The number of hydrogen-bond donors (Lipinski definition) is 2. The molecule has 4 aromatic rings. The Morgan fingerprint density at radius 1 is 0.774 bits per heavy atom. The number of benzene rings is 3. The van der Waals surface area contributed by atoms with Crippen LogP contribution in [0.4, 0.5) is 0 Å². The molecule has 0 bridgehead atoms. The Hall–Kier alpha value is -1.22. The second-order valence-electron chi connectivity index (χ2n) is 6.80. The number of H-pyrrole nitrogens is 1. The van der Waals surface area contributed by atoms with Gasteiger partial charge >= 0.3 is 10.1 Å². The van der Waals surface area contributed by atoms with Crippen molar-refractivity contribution in [2.24, 2.45) is 0 Å². The van der Waals surface area contributed by atoms with Crippen molar-refractivity contribution in [3.05, 3.63) is 119 Å². The molecule has 0 atom stereocenters. The average Bonchev–Trinajstić information content (AvgIpc) is 3.14. The van der Waals surface area contributed by atoms with Crippen LogP contribution in [0.15, 0.2) is 96.2 Å². The van der Waals surface area contributed by atoms with Crippen LogP contribution in [0.2, 0.25) is 0 Å². The fraction of sp³-hybridized carbons (Fsp3) is 0.0870. The van der Waals surface area contributed by atoms with Crippen LogP contribution in [0, 0.1) is 0 Å². The molecule has 0 saturated heterocycles. The maximum absolute atomic E-state index is 11.8. The normalized spacial score (nSPS) is 10.9. The number of nitrogens with one attached hydrogen (secondary N) is 1. The van der Waals surface area contributed by atoms with Gasteiger partial charge in [-0.25, -0.2) is 4.98 Å². The van der Waals surface area contributed by atoms with Gasteiger partial charge in [0.05, 0.1) is 11.6 Å². The quantitative estimate of drug-likeness (QED) is 0.347. The van der Waals surface area contributed by atoms with E-state index in [-0.39, 0.29) is 65.0 Å². The summed E-state index contributed by atoms with van der Waals surface area (Å²) < 4.78 is 33.2. The van der Waals surface area contributed by atoms with Gasteiger partial charge in [0, 0.05) is 71.2 Å². The molecule has 0 aliphatic heterocycles. The largest absolute Gasteiger partial charge is 0.330 e. The zero-order chi connectivity index (χ0) is 20.3. The van der Waals surface area contributed by atoms with Crippen LogP contribution in [0.3, 0.4) is 0 Å². The predicted octanol–water partition coefficient (Wildman–Crippen LogP) is 3.67. The van der Waals surface area contributed by atoms with E-state index in [0.717, 1.165) is 16.7 Å². The number of aromatic nitrogens is 2. The molecule has 0 spiro atoms. The molecule has 8 heteroatoms. The number of nitrogens with zero attached hydrogens (tertiary/aromatic N) is 1. The van der Waals surface area contributed by atoms with Crippen molar-refractivity contribution in [3.63, 3.8) is 0 Å². The zero-order valence-corrected chi connectivity index (χ0v) is 22.4. The van der Waals surface area contributed by atoms with Crippen LogP contribution in [-0.4, -0.2) is 82.1 Å². The van der Waals surface area contributed by atoms with Crippen LogP contribution in [0.1, 0.15) is 34.0 Å². The van der Waals surface area contributed by atoms with Gasteiger partial charge in [0.25, 0.3) is 5.16 Å². The summed E-state index contributed by atoms with van der Waals surface area (Å²) in [6.45, 7) is 0. The van der Waals surface area contributed by atoms with Crippen LogP contribution in [-0.2, 0) is 16.5 Å². The Kier molecular flexibility index (Phi) is 9.73. The minimum absolute atomic E-state index is 0. The first-order valence-electron chi connectivity index (χ1n) is 9.22. The van der Waals surface area contributed by atoms with Gasteiger partial charge in [0.1, 0.15) is 0 Å². The summed E-state index contributed by atoms with van der Waals surface area (Å²) in [5, 5.41) is -0.435. The average molecular weight is 450 g/mol. The molecule has 4 rings (SSSR count). The van der Waals surface area contributed by atoms with E-state index < -0.39 is 15.3 Å². The third-order valence-electron chi connectivity index (χ3n) is 4.80. The maximum atomic E-state index is 11.8. The number of imidazole rings is 1. The summed E-state index contributed by atoms with van der Waals surface area (Å²) in [7, 11) is -4.46. The Labute approximate surface area is 226 Å². The molecule has 0 amide bonds. The van der Waals surface area contributed by atoms with E-state index in [9.17, 15) is 13.0 Å². The minimum Gasteiger partial charge on any atom is -0.330 e. The second kappa shape index (κ2) is 11.6. The number of rotatable bonds is 6. The van der Waals surface area contributed by atoms with E-state index in [1.165, 1.54) is 0 Å². The van der Waals surface area contributed by atoms with Crippen molar-refractivity contribution in [3.8, 4) is 0 Å². The molecule has 1 aromatic heterocycles. The summed E-state index contributed by atoms with van der Waals surface area (Å²) in [6, 6.07) is 29.3. The minimum atomic E-state index is -4.46. The van der Waals surface area contributed by atoms with E-state index in [1.54, 1.807) is 0 Å². The van der Waals surface area contributed by atoms with Gasteiger partial charge in [-0.1, -0.05) is 91.0 Å².